The van der Waals surface area contributed by atoms with E-state index in [-0.39, 0.29) is 36.3 Å². The first kappa shape index (κ1) is 31.4. The molecular weight excluding hydrogens is 533 g/mol. The summed E-state index contributed by atoms with van der Waals surface area (Å²) in [5.74, 6) is -9.03. The SMILES string of the molecule is CCCC#C/C(=C(\c1ccc(C(=O)OCC)cc1)C(F)(F)C(F)(F)C(F)(F)F)c1ccc(C(=O)OCC)cc1. The van der Waals surface area contributed by atoms with E-state index in [0.717, 1.165) is 48.5 Å². The molecule has 0 aliphatic heterocycles. The van der Waals surface area contributed by atoms with Crippen molar-refractivity contribution >= 4 is 23.1 Å². The summed E-state index contributed by atoms with van der Waals surface area (Å²) in [5, 5.41) is 0. The van der Waals surface area contributed by atoms with Crippen molar-refractivity contribution in [2.45, 2.75) is 51.6 Å². The molecule has 11 heteroatoms. The van der Waals surface area contributed by atoms with E-state index in [1.165, 1.54) is 6.92 Å². The van der Waals surface area contributed by atoms with Crippen LogP contribution in [0.15, 0.2) is 48.5 Å². The summed E-state index contributed by atoms with van der Waals surface area (Å²) in [6.07, 6.45) is -6.04. The molecule has 0 fully saturated rings. The highest BCUT2D eigenvalue weighted by Crippen LogP contribution is 2.54. The van der Waals surface area contributed by atoms with Crippen LogP contribution in [-0.2, 0) is 9.47 Å². The summed E-state index contributed by atoms with van der Waals surface area (Å²) >= 11 is 0. The average Bonchev–Trinajstić information content (AvgIpc) is 2.88. The number of hydrogen-bond donors (Lipinski definition) is 0. The predicted molar refractivity (Wildman–Crippen MR) is 130 cm³/mol. The zero-order chi connectivity index (χ0) is 29.4. The molecule has 2 aromatic rings. The van der Waals surface area contributed by atoms with E-state index >= 15 is 8.78 Å². The standard InChI is InChI=1S/C28H25F7O4/c1-4-7-8-9-22(18-10-14-20(15-11-18)24(36)38-5-2)23(26(29,30)27(31,32)28(33,34)35)19-12-16-21(17-13-19)25(37)39-6-3/h10-17H,4-7H2,1-3H3/b23-22-. The Morgan fingerprint density at radius 1 is 0.692 bits per heavy atom. The molecule has 0 saturated carbocycles. The molecule has 0 spiro atoms. The summed E-state index contributed by atoms with van der Waals surface area (Å²) in [5.41, 5.74) is -3.62. The maximum Gasteiger partial charge on any atom is 0.460 e. The Balaban J connectivity index is 2.92. The lowest BCUT2D eigenvalue weighted by molar-refractivity contribution is -0.338. The van der Waals surface area contributed by atoms with E-state index in [9.17, 15) is 31.5 Å². The molecule has 0 unspecified atom stereocenters. The van der Waals surface area contributed by atoms with Crippen molar-refractivity contribution < 1.29 is 49.8 Å². The number of halogens is 7. The highest BCUT2D eigenvalue weighted by atomic mass is 19.4. The summed E-state index contributed by atoms with van der Waals surface area (Å²) < 4.78 is 109. The third kappa shape index (κ3) is 6.99. The van der Waals surface area contributed by atoms with Gasteiger partial charge in [0, 0.05) is 12.0 Å². The number of carbonyl (C=O) groups excluding carboxylic acids is 2. The minimum atomic E-state index is -6.61. The van der Waals surface area contributed by atoms with Gasteiger partial charge in [-0.05, 0) is 55.7 Å². The van der Waals surface area contributed by atoms with Crippen LogP contribution in [0.4, 0.5) is 30.7 Å². The Kier molecular flexibility index (Phi) is 10.3. The number of hydrogen-bond acceptors (Lipinski definition) is 4. The molecule has 0 amide bonds. The van der Waals surface area contributed by atoms with Gasteiger partial charge < -0.3 is 9.47 Å². The third-order valence-electron chi connectivity index (χ3n) is 5.27. The third-order valence-corrected chi connectivity index (χ3v) is 5.27. The maximum absolute atomic E-state index is 15.4. The van der Waals surface area contributed by atoms with Gasteiger partial charge in [-0.1, -0.05) is 43.0 Å². The first-order valence-corrected chi connectivity index (χ1v) is 11.8. The summed E-state index contributed by atoms with van der Waals surface area (Å²) in [6.45, 7) is 4.80. The Labute approximate surface area is 220 Å². The van der Waals surface area contributed by atoms with Crippen molar-refractivity contribution in [1.29, 1.82) is 0 Å². The van der Waals surface area contributed by atoms with E-state index in [1.54, 1.807) is 13.8 Å². The molecule has 0 atom stereocenters. The van der Waals surface area contributed by atoms with Crippen LogP contribution < -0.4 is 0 Å². The van der Waals surface area contributed by atoms with Gasteiger partial charge in [0.2, 0.25) is 0 Å². The molecule has 0 N–H and O–H groups in total. The zero-order valence-electron chi connectivity index (χ0n) is 21.2. The number of carbonyl (C=O) groups is 2. The minimum absolute atomic E-state index is 0.00538. The van der Waals surface area contributed by atoms with E-state index in [1.807, 2.05) is 0 Å². The summed E-state index contributed by atoms with van der Waals surface area (Å²) in [4.78, 5) is 23.9. The number of benzene rings is 2. The van der Waals surface area contributed by atoms with E-state index in [4.69, 9.17) is 9.47 Å². The van der Waals surface area contributed by atoms with Crippen LogP contribution in [0, 0.1) is 11.8 Å². The fraction of sp³-hybridized carbons (Fsp3) is 0.357. The smallest absolute Gasteiger partial charge is 0.460 e. The van der Waals surface area contributed by atoms with Crippen LogP contribution in [0.25, 0.3) is 11.1 Å². The Bertz CT molecular complexity index is 1250. The van der Waals surface area contributed by atoms with Gasteiger partial charge in [0.05, 0.1) is 29.9 Å². The molecule has 39 heavy (non-hydrogen) atoms. The fourth-order valence-electron chi connectivity index (χ4n) is 3.35. The van der Waals surface area contributed by atoms with Crippen LogP contribution in [0.3, 0.4) is 0 Å². The molecular formula is C28H25F7O4. The van der Waals surface area contributed by atoms with Gasteiger partial charge in [0.25, 0.3) is 0 Å². The second-order valence-electron chi connectivity index (χ2n) is 8.04. The Hall–Kier alpha value is -3.81. The first-order valence-electron chi connectivity index (χ1n) is 11.8. The molecule has 0 saturated heterocycles. The molecule has 0 aliphatic rings. The van der Waals surface area contributed by atoms with Gasteiger partial charge in [-0.2, -0.15) is 30.7 Å². The number of unbranched alkanes of at least 4 members (excludes halogenated alkanes) is 1. The monoisotopic (exact) mass is 558 g/mol. The molecule has 2 aromatic carbocycles. The number of ether oxygens (including phenoxy) is 2. The number of rotatable bonds is 9. The summed E-state index contributed by atoms with van der Waals surface area (Å²) in [7, 11) is 0. The Morgan fingerprint density at radius 2 is 1.10 bits per heavy atom. The number of alkyl halides is 7. The molecule has 0 aromatic heterocycles. The van der Waals surface area contributed by atoms with Gasteiger partial charge in [0.15, 0.2) is 0 Å². The molecule has 0 aliphatic carbocycles. The van der Waals surface area contributed by atoms with E-state index < -0.39 is 46.7 Å². The molecule has 0 radical (unpaired) electrons. The molecule has 210 valence electrons. The van der Waals surface area contributed by atoms with E-state index in [2.05, 4.69) is 11.8 Å². The van der Waals surface area contributed by atoms with Gasteiger partial charge >= 0.3 is 30.0 Å². The van der Waals surface area contributed by atoms with Gasteiger partial charge in [-0.25, -0.2) is 9.59 Å². The lowest BCUT2D eigenvalue weighted by Crippen LogP contribution is -2.52. The van der Waals surface area contributed by atoms with Crippen LogP contribution in [-0.4, -0.2) is 43.2 Å². The molecule has 0 bridgehead atoms. The summed E-state index contributed by atoms with van der Waals surface area (Å²) in [6, 6.07) is 8.06. The second kappa shape index (κ2) is 12.8. The average molecular weight is 558 g/mol. The van der Waals surface area contributed by atoms with E-state index in [0.29, 0.717) is 6.42 Å². The van der Waals surface area contributed by atoms with Crippen LogP contribution in [0.5, 0.6) is 0 Å². The lowest BCUT2D eigenvalue weighted by Gasteiger charge is -2.31. The number of allylic oxidation sites excluding steroid dienone is 2. The number of esters is 2. The second-order valence-corrected chi connectivity index (χ2v) is 8.04. The molecule has 4 nitrogen and oxygen atoms in total. The fourth-order valence-corrected chi connectivity index (χ4v) is 3.35. The van der Waals surface area contributed by atoms with Gasteiger partial charge in [-0.15, -0.1) is 0 Å². The van der Waals surface area contributed by atoms with Crippen molar-refractivity contribution in [1.82, 2.24) is 0 Å². The highest BCUT2D eigenvalue weighted by molar-refractivity contribution is 6.02. The normalized spacial score (nSPS) is 12.7. The van der Waals surface area contributed by atoms with Crippen LogP contribution in [0.2, 0.25) is 0 Å². The minimum Gasteiger partial charge on any atom is -0.462 e. The van der Waals surface area contributed by atoms with Crippen molar-refractivity contribution in [2.24, 2.45) is 0 Å². The van der Waals surface area contributed by atoms with Crippen LogP contribution in [0.1, 0.15) is 65.5 Å². The molecule has 0 heterocycles. The zero-order valence-corrected chi connectivity index (χ0v) is 21.2. The Morgan fingerprint density at radius 3 is 1.49 bits per heavy atom. The highest BCUT2D eigenvalue weighted by Gasteiger charge is 2.74. The lowest BCUT2D eigenvalue weighted by atomic mass is 9.86. The van der Waals surface area contributed by atoms with Gasteiger partial charge in [0.1, 0.15) is 0 Å². The van der Waals surface area contributed by atoms with Crippen LogP contribution >= 0.6 is 0 Å². The van der Waals surface area contributed by atoms with Crippen molar-refractivity contribution in [3.63, 3.8) is 0 Å². The largest absolute Gasteiger partial charge is 0.462 e. The van der Waals surface area contributed by atoms with Crippen molar-refractivity contribution in [3.8, 4) is 11.8 Å². The van der Waals surface area contributed by atoms with Crippen molar-refractivity contribution in [3.05, 3.63) is 70.8 Å². The topological polar surface area (TPSA) is 52.6 Å². The van der Waals surface area contributed by atoms with Crippen molar-refractivity contribution in [2.75, 3.05) is 13.2 Å². The molecule has 2 rings (SSSR count). The maximum atomic E-state index is 15.4. The quantitative estimate of drug-likeness (QED) is 0.138. The van der Waals surface area contributed by atoms with Gasteiger partial charge in [-0.3, -0.25) is 0 Å². The first-order chi connectivity index (χ1) is 18.2. The predicted octanol–water partition coefficient (Wildman–Crippen LogP) is 7.59.